The number of imidazole rings is 1. The Kier molecular flexibility index (Phi) is 6.29. The van der Waals surface area contributed by atoms with Crippen molar-refractivity contribution in [3.05, 3.63) is 60.6 Å². The highest BCUT2D eigenvalue weighted by Crippen LogP contribution is 2.25. The number of amides is 1. The Balaban J connectivity index is 1.44. The predicted octanol–water partition coefficient (Wildman–Crippen LogP) is 3.20. The lowest BCUT2D eigenvalue weighted by Crippen LogP contribution is -2.41. The number of rotatable bonds is 7. The molecule has 0 unspecified atom stereocenters. The number of methoxy groups -OCH3 is 1. The minimum atomic E-state index is -3.85. The molecule has 3 aromatic rings. The molecule has 0 saturated heterocycles. The number of hydrogen-bond donors (Lipinski definition) is 2. The largest absolute Gasteiger partial charge is 0.497 e. The maximum absolute atomic E-state index is 12.7. The summed E-state index contributed by atoms with van der Waals surface area (Å²) in [6.07, 6.45) is 5.32. The Morgan fingerprint density at radius 2 is 1.94 bits per heavy atom. The third-order valence-electron chi connectivity index (χ3n) is 5.43. The van der Waals surface area contributed by atoms with E-state index in [0.29, 0.717) is 11.4 Å². The average molecular weight is 455 g/mol. The summed E-state index contributed by atoms with van der Waals surface area (Å²) in [4.78, 5) is 17.4. The van der Waals surface area contributed by atoms with Crippen LogP contribution >= 0.6 is 0 Å². The van der Waals surface area contributed by atoms with Crippen molar-refractivity contribution in [2.45, 2.75) is 43.7 Å². The number of fused-ring (bicyclic) bond motifs is 1. The van der Waals surface area contributed by atoms with Gasteiger partial charge < -0.3 is 14.6 Å². The van der Waals surface area contributed by atoms with Crippen molar-refractivity contribution in [1.29, 1.82) is 0 Å². The van der Waals surface area contributed by atoms with Crippen molar-refractivity contribution >= 4 is 21.6 Å². The van der Waals surface area contributed by atoms with Crippen molar-refractivity contribution in [1.82, 2.24) is 14.3 Å². The van der Waals surface area contributed by atoms with Crippen LogP contribution < -0.4 is 14.8 Å². The lowest BCUT2D eigenvalue weighted by atomic mass is 10.1. The Morgan fingerprint density at radius 3 is 2.66 bits per heavy atom. The van der Waals surface area contributed by atoms with Crippen molar-refractivity contribution in [2.24, 2.45) is 0 Å². The normalized spacial score (nSPS) is 14.4. The SMILES string of the molecule is COc1ccc(S(=O)(=O)N[C@@H](C)C(=O)Nc2cccc(-c3cn4c(n3)CCCC4)c2)cc1. The summed E-state index contributed by atoms with van der Waals surface area (Å²) >= 11 is 0. The first-order valence-corrected chi connectivity index (χ1v) is 12.0. The molecular formula is C23H26N4O4S. The molecule has 0 aliphatic carbocycles. The van der Waals surface area contributed by atoms with Crippen molar-refractivity contribution in [3.63, 3.8) is 0 Å². The fourth-order valence-electron chi connectivity index (χ4n) is 3.67. The summed E-state index contributed by atoms with van der Waals surface area (Å²) in [6, 6.07) is 12.4. The third-order valence-corrected chi connectivity index (χ3v) is 6.99. The standard InChI is InChI=1S/C23H26N4O4S/c1-16(26-32(29,30)20-11-9-19(31-2)10-12-20)23(28)24-18-7-5-6-17(14-18)21-15-27-13-4-3-8-22(27)25-21/h5-7,9-12,14-16,26H,3-4,8,13H2,1-2H3,(H,24,28)/t16-/m0/s1. The van der Waals surface area contributed by atoms with E-state index in [1.54, 1.807) is 18.2 Å². The number of aromatic nitrogens is 2. The zero-order valence-electron chi connectivity index (χ0n) is 18.0. The zero-order valence-corrected chi connectivity index (χ0v) is 18.9. The predicted molar refractivity (Wildman–Crippen MR) is 122 cm³/mol. The minimum Gasteiger partial charge on any atom is -0.497 e. The number of hydrogen-bond acceptors (Lipinski definition) is 5. The molecule has 8 nitrogen and oxygen atoms in total. The molecule has 9 heteroatoms. The van der Waals surface area contributed by atoms with Gasteiger partial charge in [0, 0.05) is 30.4 Å². The van der Waals surface area contributed by atoms with Crippen molar-refractivity contribution in [2.75, 3.05) is 12.4 Å². The van der Waals surface area contributed by atoms with Gasteiger partial charge in [-0.05, 0) is 56.2 Å². The van der Waals surface area contributed by atoms with Gasteiger partial charge in [-0.1, -0.05) is 12.1 Å². The molecule has 2 aromatic carbocycles. The van der Waals surface area contributed by atoms with Crippen molar-refractivity contribution in [3.8, 4) is 17.0 Å². The molecule has 0 saturated carbocycles. The number of nitrogens with one attached hydrogen (secondary N) is 2. The van der Waals surface area contributed by atoms with Gasteiger partial charge in [-0.2, -0.15) is 4.72 Å². The highest BCUT2D eigenvalue weighted by atomic mass is 32.2. The second-order valence-corrected chi connectivity index (χ2v) is 9.50. The van der Waals surface area contributed by atoms with Gasteiger partial charge in [-0.3, -0.25) is 4.79 Å². The second-order valence-electron chi connectivity index (χ2n) is 7.78. The first-order chi connectivity index (χ1) is 15.4. The number of ether oxygens (including phenoxy) is 1. The highest BCUT2D eigenvalue weighted by molar-refractivity contribution is 7.89. The van der Waals surface area contributed by atoms with E-state index >= 15 is 0 Å². The van der Waals surface area contributed by atoms with Crippen LogP contribution in [0.2, 0.25) is 0 Å². The lowest BCUT2D eigenvalue weighted by molar-refractivity contribution is -0.117. The van der Waals surface area contributed by atoms with E-state index < -0.39 is 22.0 Å². The fourth-order valence-corrected chi connectivity index (χ4v) is 4.87. The molecule has 1 aliphatic rings. The summed E-state index contributed by atoms with van der Waals surface area (Å²) < 4.78 is 34.8. The first kappa shape index (κ1) is 22.0. The molecule has 32 heavy (non-hydrogen) atoms. The van der Waals surface area contributed by atoms with E-state index in [2.05, 4.69) is 14.6 Å². The summed E-state index contributed by atoms with van der Waals surface area (Å²) in [7, 11) is -2.35. The Bertz CT molecular complexity index is 1200. The Labute approximate surface area is 187 Å². The molecule has 168 valence electrons. The third kappa shape index (κ3) is 4.84. The van der Waals surface area contributed by atoms with Crippen LogP contribution in [-0.2, 0) is 27.8 Å². The van der Waals surface area contributed by atoms with Crippen LogP contribution in [0.15, 0.2) is 59.6 Å². The second kappa shape index (κ2) is 9.13. The van der Waals surface area contributed by atoms with E-state index in [1.165, 1.54) is 26.2 Å². The molecule has 0 fully saturated rings. The fraction of sp³-hybridized carbons (Fsp3) is 0.304. The van der Waals surface area contributed by atoms with Gasteiger partial charge in [0.15, 0.2) is 0 Å². The van der Waals surface area contributed by atoms with Gasteiger partial charge in [-0.15, -0.1) is 0 Å². The number of carbonyl (C=O) groups excluding carboxylic acids is 1. The molecule has 1 atom stereocenters. The van der Waals surface area contributed by atoms with Gasteiger partial charge in [0.05, 0.1) is 23.7 Å². The number of sulfonamides is 1. The van der Waals surface area contributed by atoms with Crippen LogP contribution in [0.3, 0.4) is 0 Å². The van der Waals surface area contributed by atoms with Crippen LogP contribution in [0.25, 0.3) is 11.3 Å². The molecule has 2 N–H and O–H groups in total. The van der Waals surface area contributed by atoms with Crippen LogP contribution in [0.5, 0.6) is 5.75 Å². The Hall–Kier alpha value is -3.17. The molecule has 2 heterocycles. The zero-order chi connectivity index (χ0) is 22.7. The smallest absolute Gasteiger partial charge is 0.242 e. The number of nitrogens with zero attached hydrogens (tertiary/aromatic N) is 2. The highest BCUT2D eigenvalue weighted by Gasteiger charge is 2.22. The van der Waals surface area contributed by atoms with Gasteiger partial charge in [0.1, 0.15) is 11.6 Å². The minimum absolute atomic E-state index is 0.0590. The van der Waals surface area contributed by atoms with Gasteiger partial charge in [-0.25, -0.2) is 13.4 Å². The Morgan fingerprint density at radius 1 is 1.16 bits per heavy atom. The maximum Gasteiger partial charge on any atom is 0.242 e. The maximum atomic E-state index is 12.7. The van der Waals surface area contributed by atoms with Crippen LogP contribution in [0.1, 0.15) is 25.6 Å². The molecule has 4 rings (SSSR count). The molecule has 1 aliphatic heterocycles. The molecule has 1 aromatic heterocycles. The summed E-state index contributed by atoms with van der Waals surface area (Å²) in [5.41, 5.74) is 2.34. The average Bonchev–Trinajstić information content (AvgIpc) is 3.23. The topological polar surface area (TPSA) is 102 Å². The summed E-state index contributed by atoms with van der Waals surface area (Å²) in [5, 5.41) is 2.79. The molecule has 0 bridgehead atoms. The van der Waals surface area contributed by atoms with E-state index in [9.17, 15) is 13.2 Å². The van der Waals surface area contributed by atoms with Crippen LogP contribution in [0.4, 0.5) is 5.69 Å². The number of carbonyl (C=O) groups is 1. The molecule has 0 spiro atoms. The molecule has 0 radical (unpaired) electrons. The molecular weight excluding hydrogens is 428 g/mol. The lowest BCUT2D eigenvalue weighted by Gasteiger charge is -2.15. The summed E-state index contributed by atoms with van der Waals surface area (Å²) in [6.45, 7) is 2.48. The first-order valence-electron chi connectivity index (χ1n) is 10.5. The van der Waals surface area contributed by atoms with E-state index in [0.717, 1.165) is 42.9 Å². The van der Waals surface area contributed by atoms with E-state index in [-0.39, 0.29) is 4.90 Å². The number of aryl methyl sites for hydroxylation is 2. The van der Waals surface area contributed by atoms with Crippen molar-refractivity contribution < 1.29 is 17.9 Å². The molecule has 1 amide bonds. The van der Waals surface area contributed by atoms with Crippen LogP contribution in [-0.4, -0.2) is 37.0 Å². The van der Waals surface area contributed by atoms with Gasteiger partial charge in [0.2, 0.25) is 15.9 Å². The quantitative estimate of drug-likeness (QED) is 0.571. The number of benzene rings is 2. The van der Waals surface area contributed by atoms with Crippen LogP contribution in [0, 0.1) is 0 Å². The van der Waals surface area contributed by atoms with E-state index in [1.807, 2.05) is 24.4 Å². The number of anilines is 1. The van der Waals surface area contributed by atoms with E-state index in [4.69, 9.17) is 9.72 Å². The van der Waals surface area contributed by atoms with Gasteiger partial charge in [0.25, 0.3) is 0 Å². The summed E-state index contributed by atoms with van der Waals surface area (Å²) in [5.74, 6) is 1.18. The monoisotopic (exact) mass is 454 g/mol. The van der Waals surface area contributed by atoms with Gasteiger partial charge >= 0.3 is 0 Å².